The van der Waals surface area contributed by atoms with Crippen molar-refractivity contribution in [2.45, 2.75) is 141 Å². The van der Waals surface area contributed by atoms with Crippen LogP contribution in [0, 0.1) is 0 Å². The van der Waals surface area contributed by atoms with E-state index in [-0.39, 0.29) is 19.6 Å². The van der Waals surface area contributed by atoms with Gasteiger partial charge in [-0.15, -0.1) is 0 Å². The molecule has 0 amide bonds. The lowest BCUT2D eigenvalue weighted by molar-refractivity contribution is -0.305. The zero-order chi connectivity index (χ0) is 32.3. The Kier molecular flexibility index (Phi) is 25.1. The van der Waals surface area contributed by atoms with Crippen LogP contribution in [0.25, 0.3) is 0 Å². The molecule has 0 bridgehead atoms. The van der Waals surface area contributed by atoms with Gasteiger partial charge in [0.15, 0.2) is 6.29 Å². The predicted octanol–water partition coefficient (Wildman–Crippen LogP) is 5.46. The molecule has 1 aliphatic heterocycles. The summed E-state index contributed by atoms with van der Waals surface area (Å²) in [6, 6.07) is 0. The largest absolute Gasteiger partial charge is 0.457 e. The van der Waals surface area contributed by atoms with E-state index in [0.29, 0.717) is 13.0 Å². The highest BCUT2D eigenvalue weighted by atomic mass is 16.7. The monoisotopic (exact) mass is 624 g/mol. The fraction of sp³-hybridized carbons (Fsp3) is 0.743. The van der Waals surface area contributed by atoms with Gasteiger partial charge < -0.3 is 39.4 Å². The van der Waals surface area contributed by atoms with Gasteiger partial charge in [-0.3, -0.25) is 4.79 Å². The van der Waals surface area contributed by atoms with Crippen molar-refractivity contribution in [3.63, 3.8) is 0 Å². The molecule has 44 heavy (non-hydrogen) atoms. The highest BCUT2D eigenvalue weighted by molar-refractivity contribution is 5.69. The van der Waals surface area contributed by atoms with E-state index in [2.05, 4.69) is 50.3 Å². The van der Waals surface area contributed by atoms with Gasteiger partial charge in [-0.2, -0.15) is 0 Å². The minimum Gasteiger partial charge on any atom is -0.457 e. The van der Waals surface area contributed by atoms with Crippen LogP contribution < -0.4 is 0 Å². The average Bonchev–Trinajstić information content (AvgIpc) is 3.02. The van der Waals surface area contributed by atoms with E-state index in [1.54, 1.807) is 0 Å². The number of hydrogen-bond acceptors (Lipinski definition) is 9. The molecule has 0 aromatic heterocycles. The number of carbonyl (C=O) groups excluding carboxylic acids is 1. The number of rotatable bonds is 26. The minimum absolute atomic E-state index is 0.115. The Morgan fingerprint density at radius 2 is 1.34 bits per heavy atom. The number of carbonyl (C=O) groups is 1. The van der Waals surface area contributed by atoms with Crippen LogP contribution in [-0.4, -0.2) is 89.6 Å². The van der Waals surface area contributed by atoms with Crippen LogP contribution in [0.2, 0.25) is 0 Å². The van der Waals surface area contributed by atoms with Crippen molar-refractivity contribution in [2.24, 2.45) is 0 Å². The Morgan fingerprint density at radius 3 is 1.95 bits per heavy atom. The molecule has 0 radical (unpaired) electrons. The van der Waals surface area contributed by atoms with Crippen LogP contribution in [0.5, 0.6) is 0 Å². The number of ether oxygens (including phenoxy) is 4. The maximum absolute atomic E-state index is 12.6. The summed E-state index contributed by atoms with van der Waals surface area (Å²) in [6.07, 6.45) is 23.0. The van der Waals surface area contributed by atoms with Crippen molar-refractivity contribution < 1.29 is 44.2 Å². The molecule has 0 aromatic carbocycles. The van der Waals surface area contributed by atoms with Crippen molar-refractivity contribution in [3.05, 3.63) is 48.6 Å². The van der Waals surface area contributed by atoms with Gasteiger partial charge in [0.1, 0.15) is 30.5 Å². The summed E-state index contributed by atoms with van der Waals surface area (Å²) in [5.41, 5.74) is 0. The van der Waals surface area contributed by atoms with Gasteiger partial charge in [-0.25, -0.2) is 0 Å². The number of esters is 1. The third kappa shape index (κ3) is 19.5. The van der Waals surface area contributed by atoms with Crippen LogP contribution in [-0.2, 0) is 23.7 Å². The second-order valence-corrected chi connectivity index (χ2v) is 11.2. The summed E-state index contributed by atoms with van der Waals surface area (Å²) in [5.74, 6) is -0.398. The van der Waals surface area contributed by atoms with E-state index in [9.17, 15) is 25.2 Å². The lowest BCUT2D eigenvalue weighted by atomic mass is 9.99. The second kappa shape index (κ2) is 27.5. The number of allylic oxidation sites excluding steroid dienone is 8. The van der Waals surface area contributed by atoms with Gasteiger partial charge in [0.25, 0.3) is 0 Å². The molecule has 4 N–H and O–H groups in total. The van der Waals surface area contributed by atoms with E-state index in [1.807, 2.05) is 12.2 Å². The third-order valence-corrected chi connectivity index (χ3v) is 7.27. The minimum atomic E-state index is -1.55. The molecule has 0 spiro atoms. The molecule has 0 saturated carbocycles. The first-order valence-electron chi connectivity index (χ1n) is 16.7. The van der Waals surface area contributed by atoms with Gasteiger partial charge >= 0.3 is 5.97 Å². The van der Waals surface area contributed by atoms with Gasteiger partial charge in [-0.1, -0.05) is 107 Å². The SMILES string of the molecule is CC/C=C\C/C=C\C/C=C\C/C=C\CCC(=O)OC(COCCCCCCCCCC)COC1OC(CO)C(O)C(O)C1O. The highest BCUT2D eigenvalue weighted by Gasteiger charge is 2.44. The van der Waals surface area contributed by atoms with Gasteiger partial charge in [0.2, 0.25) is 0 Å². The maximum Gasteiger partial charge on any atom is 0.306 e. The van der Waals surface area contributed by atoms with Crippen molar-refractivity contribution >= 4 is 5.97 Å². The second-order valence-electron chi connectivity index (χ2n) is 11.2. The quantitative estimate of drug-likeness (QED) is 0.0562. The predicted molar refractivity (Wildman–Crippen MR) is 173 cm³/mol. The molecule has 0 aliphatic carbocycles. The lowest BCUT2D eigenvalue weighted by Gasteiger charge is -2.39. The molecule has 6 unspecified atom stereocenters. The Labute approximate surface area is 265 Å². The summed E-state index contributed by atoms with van der Waals surface area (Å²) in [5, 5.41) is 39.7. The molecule has 254 valence electrons. The summed E-state index contributed by atoms with van der Waals surface area (Å²) < 4.78 is 22.5. The summed E-state index contributed by atoms with van der Waals surface area (Å²) >= 11 is 0. The molecule has 1 rings (SSSR count). The average molecular weight is 625 g/mol. The Balaban J connectivity index is 2.45. The highest BCUT2D eigenvalue weighted by Crippen LogP contribution is 2.22. The van der Waals surface area contributed by atoms with Gasteiger partial charge in [0.05, 0.1) is 19.8 Å². The Hall–Kier alpha value is -1.85. The summed E-state index contributed by atoms with van der Waals surface area (Å²) in [4.78, 5) is 12.6. The first-order valence-corrected chi connectivity index (χ1v) is 16.7. The van der Waals surface area contributed by atoms with Crippen molar-refractivity contribution in [2.75, 3.05) is 26.4 Å². The number of unbranched alkanes of at least 4 members (excludes halogenated alkanes) is 7. The molecule has 1 aliphatic rings. The zero-order valence-electron chi connectivity index (χ0n) is 27.1. The van der Waals surface area contributed by atoms with Crippen LogP contribution >= 0.6 is 0 Å². The molecule has 1 heterocycles. The van der Waals surface area contributed by atoms with E-state index in [4.69, 9.17) is 18.9 Å². The van der Waals surface area contributed by atoms with Crippen LogP contribution in [0.1, 0.15) is 104 Å². The van der Waals surface area contributed by atoms with Gasteiger partial charge in [-0.05, 0) is 38.5 Å². The van der Waals surface area contributed by atoms with E-state index in [1.165, 1.54) is 38.5 Å². The zero-order valence-corrected chi connectivity index (χ0v) is 27.1. The molecular formula is C35H60O9. The van der Waals surface area contributed by atoms with E-state index in [0.717, 1.165) is 38.5 Å². The van der Waals surface area contributed by atoms with E-state index < -0.39 is 49.4 Å². The summed E-state index contributed by atoms with van der Waals surface area (Å²) in [6.45, 7) is 4.28. The number of aliphatic hydroxyl groups excluding tert-OH is 4. The Bertz CT molecular complexity index is 808. The van der Waals surface area contributed by atoms with Crippen LogP contribution in [0.15, 0.2) is 48.6 Å². The fourth-order valence-electron chi connectivity index (χ4n) is 4.62. The molecule has 6 atom stereocenters. The van der Waals surface area contributed by atoms with Crippen molar-refractivity contribution in [3.8, 4) is 0 Å². The molecule has 9 nitrogen and oxygen atoms in total. The molecule has 1 fully saturated rings. The standard InChI is InChI=1S/C35H60O9/c1-3-5-7-9-11-13-14-15-16-17-18-20-22-24-31(37)43-29(27-41-25-23-21-19-12-10-8-6-4-2)28-42-35-34(40)33(39)32(38)30(26-36)44-35/h5,7,11,13,15-16,18,20,29-30,32-36,38-40H,3-4,6,8-10,12,14,17,19,21-28H2,1-2H3/b7-5-,13-11-,16-15-,20-18-. The van der Waals surface area contributed by atoms with Crippen molar-refractivity contribution in [1.82, 2.24) is 0 Å². The fourth-order valence-corrected chi connectivity index (χ4v) is 4.62. The van der Waals surface area contributed by atoms with Crippen molar-refractivity contribution in [1.29, 1.82) is 0 Å². The Morgan fingerprint density at radius 1 is 0.750 bits per heavy atom. The number of hydrogen-bond donors (Lipinski definition) is 4. The van der Waals surface area contributed by atoms with E-state index >= 15 is 0 Å². The molecule has 1 saturated heterocycles. The van der Waals surface area contributed by atoms with Gasteiger partial charge in [0, 0.05) is 13.0 Å². The maximum atomic E-state index is 12.6. The molecular weight excluding hydrogens is 564 g/mol. The first kappa shape index (κ1) is 40.2. The number of aliphatic hydroxyl groups is 4. The lowest BCUT2D eigenvalue weighted by Crippen LogP contribution is -2.59. The molecule has 0 aromatic rings. The third-order valence-electron chi connectivity index (χ3n) is 7.27. The topological polar surface area (TPSA) is 135 Å². The smallest absolute Gasteiger partial charge is 0.306 e. The summed E-state index contributed by atoms with van der Waals surface area (Å²) in [7, 11) is 0. The van der Waals surface area contributed by atoms with Crippen LogP contribution in [0.4, 0.5) is 0 Å². The first-order chi connectivity index (χ1) is 21.4. The normalized spacial score (nSPS) is 23.5. The van der Waals surface area contributed by atoms with Crippen LogP contribution in [0.3, 0.4) is 0 Å². The molecule has 9 heteroatoms.